The number of carbonyl (C=O) groups is 1. The van der Waals surface area contributed by atoms with Crippen molar-refractivity contribution in [3.05, 3.63) is 0 Å². The molecule has 116 valence electrons. The van der Waals surface area contributed by atoms with Gasteiger partial charge < -0.3 is 9.84 Å². The lowest BCUT2D eigenvalue weighted by molar-refractivity contribution is -0.137. The fourth-order valence-corrected chi connectivity index (χ4v) is 4.64. The lowest BCUT2D eigenvalue weighted by atomic mass is 10.0. The molecule has 0 aromatic heterocycles. The first-order chi connectivity index (χ1) is 9.51. The molecule has 0 bridgehead atoms. The molecule has 0 saturated carbocycles. The molecule has 2 saturated heterocycles. The molecule has 20 heavy (non-hydrogen) atoms. The molecule has 2 heterocycles. The minimum absolute atomic E-state index is 0.0137. The van der Waals surface area contributed by atoms with Crippen LogP contribution in [0.3, 0.4) is 0 Å². The summed E-state index contributed by atoms with van der Waals surface area (Å²) in [5.74, 6) is -0.876. The summed E-state index contributed by atoms with van der Waals surface area (Å²) >= 11 is 0. The number of carboxylic acids is 1. The van der Waals surface area contributed by atoms with Gasteiger partial charge in [0.15, 0.2) is 0 Å². The van der Waals surface area contributed by atoms with E-state index in [0.29, 0.717) is 39.3 Å². The maximum absolute atomic E-state index is 12.6. The smallest absolute Gasteiger partial charge is 0.303 e. The van der Waals surface area contributed by atoms with Gasteiger partial charge in [-0.15, -0.1) is 0 Å². The third kappa shape index (κ3) is 3.69. The van der Waals surface area contributed by atoms with Crippen molar-refractivity contribution in [3.63, 3.8) is 0 Å². The van der Waals surface area contributed by atoms with Crippen molar-refractivity contribution in [2.45, 2.75) is 38.1 Å². The summed E-state index contributed by atoms with van der Waals surface area (Å²) < 4.78 is 33.4. The van der Waals surface area contributed by atoms with E-state index in [-0.39, 0.29) is 12.5 Å². The Morgan fingerprint density at radius 3 is 2.55 bits per heavy atom. The van der Waals surface area contributed by atoms with E-state index in [2.05, 4.69) is 0 Å². The highest BCUT2D eigenvalue weighted by Gasteiger charge is 2.37. The lowest BCUT2D eigenvalue weighted by Crippen LogP contribution is -2.53. The van der Waals surface area contributed by atoms with E-state index in [9.17, 15) is 13.2 Å². The Kier molecular flexibility index (Phi) is 5.36. The third-order valence-corrected chi connectivity index (χ3v) is 5.95. The summed E-state index contributed by atoms with van der Waals surface area (Å²) in [7, 11) is -3.49. The second kappa shape index (κ2) is 6.84. The summed E-state index contributed by atoms with van der Waals surface area (Å²) in [6.45, 7) is 2.10. The second-order valence-electron chi connectivity index (χ2n) is 5.21. The van der Waals surface area contributed by atoms with Crippen LogP contribution in [-0.4, -0.2) is 67.0 Å². The van der Waals surface area contributed by atoms with E-state index >= 15 is 0 Å². The maximum atomic E-state index is 12.6. The Morgan fingerprint density at radius 2 is 1.90 bits per heavy atom. The molecule has 2 aliphatic rings. The highest BCUT2D eigenvalue weighted by Crippen LogP contribution is 2.26. The Bertz CT molecular complexity index is 433. The van der Waals surface area contributed by atoms with Crippen molar-refractivity contribution in [3.8, 4) is 0 Å². The predicted octanol–water partition coefficient (Wildman–Crippen LogP) is 0.283. The van der Waals surface area contributed by atoms with Gasteiger partial charge in [0.1, 0.15) is 0 Å². The standard InChI is InChI=1S/C12H22N2O5S/c15-12(16)5-4-11-3-1-2-6-14(11)20(17,18)13-7-9-19-10-8-13/h11H,1-10H2,(H,15,16). The van der Waals surface area contributed by atoms with Crippen LogP contribution in [0.2, 0.25) is 0 Å². The van der Waals surface area contributed by atoms with Gasteiger partial charge in [-0.3, -0.25) is 4.79 Å². The van der Waals surface area contributed by atoms with Crippen molar-refractivity contribution >= 4 is 16.2 Å². The summed E-state index contributed by atoms with van der Waals surface area (Å²) in [5.41, 5.74) is 0. The van der Waals surface area contributed by atoms with Crippen molar-refractivity contribution in [2.75, 3.05) is 32.8 Å². The fraction of sp³-hybridized carbons (Fsp3) is 0.917. The van der Waals surface area contributed by atoms with E-state index in [4.69, 9.17) is 9.84 Å². The molecule has 0 spiro atoms. The van der Waals surface area contributed by atoms with Crippen molar-refractivity contribution < 1.29 is 23.1 Å². The summed E-state index contributed by atoms with van der Waals surface area (Å²) in [5, 5.41) is 8.79. The van der Waals surface area contributed by atoms with Crippen molar-refractivity contribution in [2.24, 2.45) is 0 Å². The van der Waals surface area contributed by atoms with Gasteiger partial charge in [0.25, 0.3) is 10.2 Å². The average Bonchev–Trinajstić information content (AvgIpc) is 2.46. The van der Waals surface area contributed by atoms with Gasteiger partial charge in [-0.2, -0.15) is 17.0 Å². The Hall–Kier alpha value is -0.700. The second-order valence-corrected chi connectivity index (χ2v) is 7.09. The van der Waals surface area contributed by atoms with E-state index in [1.165, 1.54) is 8.61 Å². The van der Waals surface area contributed by atoms with Gasteiger partial charge in [0.2, 0.25) is 0 Å². The molecule has 1 unspecified atom stereocenters. The normalized spacial score (nSPS) is 26.5. The molecule has 8 heteroatoms. The predicted molar refractivity (Wildman–Crippen MR) is 72.5 cm³/mol. The maximum Gasteiger partial charge on any atom is 0.303 e. The highest BCUT2D eigenvalue weighted by molar-refractivity contribution is 7.86. The zero-order valence-corrected chi connectivity index (χ0v) is 12.3. The molecule has 2 fully saturated rings. The molecule has 0 amide bonds. The van der Waals surface area contributed by atoms with E-state index < -0.39 is 16.2 Å². The summed E-state index contributed by atoms with van der Waals surface area (Å²) in [6.07, 6.45) is 2.95. The first-order valence-corrected chi connectivity index (χ1v) is 8.48. The Labute approximate surface area is 119 Å². The minimum Gasteiger partial charge on any atom is -0.481 e. The van der Waals surface area contributed by atoms with E-state index in [1.54, 1.807) is 0 Å². The number of piperidine rings is 1. The van der Waals surface area contributed by atoms with Crippen LogP contribution >= 0.6 is 0 Å². The van der Waals surface area contributed by atoms with Gasteiger partial charge in [-0.05, 0) is 19.3 Å². The molecule has 2 aliphatic heterocycles. The van der Waals surface area contributed by atoms with Gasteiger partial charge in [-0.1, -0.05) is 6.42 Å². The fourth-order valence-electron chi connectivity index (χ4n) is 2.78. The van der Waals surface area contributed by atoms with Crippen LogP contribution in [0.5, 0.6) is 0 Å². The van der Waals surface area contributed by atoms with Gasteiger partial charge in [-0.25, -0.2) is 0 Å². The number of carboxylic acid groups (broad SMARTS) is 1. The number of rotatable bonds is 5. The number of aliphatic carboxylic acids is 1. The highest BCUT2D eigenvalue weighted by atomic mass is 32.2. The topological polar surface area (TPSA) is 87.2 Å². The molecule has 0 aliphatic carbocycles. The molecule has 0 aromatic carbocycles. The minimum atomic E-state index is -3.49. The van der Waals surface area contributed by atoms with Gasteiger partial charge in [0.05, 0.1) is 13.2 Å². The molecule has 1 N–H and O–H groups in total. The molecular weight excluding hydrogens is 284 g/mol. The van der Waals surface area contributed by atoms with Crippen LogP contribution in [0.1, 0.15) is 32.1 Å². The Morgan fingerprint density at radius 1 is 1.20 bits per heavy atom. The molecule has 0 aromatic rings. The third-order valence-electron chi connectivity index (χ3n) is 3.86. The van der Waals surface area contributed by atoms with Crippen LogP contribution in [0.4, 0.5) is 0 Å². The van der Waals surface area contributed by atoms with Gasteiger partial charge >= 0.3 is 5.97 Å². The molecule has 0 radical (unpaired) electrons. The van der Waals surface area contributed by atoms with Crippen molar-refractivity contribution in [1.82, 2.24) is 8.61 Å². The summed E-state index contributed by atoms with van der Waals surface area (Å²) in [4.78, 5) is 10.7. The van der Waals surface area contributed by atoms with Crippen LogP contribution < -0.4 is 0 Å². The van der Waals surface area contributed by atoms with Crippen LogP contribution in [0, 0.1) is 0 Å². The molecule has 2 rings (SSSR count). The monoisotopic (exact) mass is 306 g/mol. The largest absolute Gasteiger partial charge is 0.481 e. The number of nitrogens with zero attached hydrogens (tertiary/aromatic N) is 2. The van der Waals surface area contributed by atoms with Crippen molar-refractivity contribution in [1.29, 1.82) is 0 Å². The molecular formula is C12H22N2O5S. The summed E-state index contributed by atoms with van der Waals surface area (Å²) in [6, 6.07) is -0.187. The SMILES string of the molecule is O=C(O)CCC1CCCCN1S(=O)(=O)N1CCOCC1. The van der Waals surface area contributed by atoms with E-state index in [0.717, 1.165) is 19.3 Å². The number of hydrogen-bond acceptors (Lipinski definition) is 4. The van der Waals surface area contributed by atoms with Crippen LogP contribution in [0.25, 0.3) is 0 Å². The number of ether oxygens (including phenoxy) is 1. The first kappa shape index (κ1) is 15.7. The number of morpholine rings is 1. The number of hydrogen-bond donors (Lipinski definition) is 1. The Balaban J connectivity index is 2.07. The zero-order chi connectivity index (χ0) is 14.6. The zero-order valence-electron chi connectivity index (χ0n) is 11.5. The van der Waals surface area contributed by atoms with E-state index in [1.807, 2.05) is 0 Å². The van der Waals surface area contributed by atoms with Crippen LogP contribution in [-0.2, 0) is 19.7 Å². The van der Waals surface area contributed by atoms with Gasteiger partial charge in [0, 0.05) is 32.1 Å². The molecule has 7 nitrogen and oxygen atoms in total. The average molecular weight is 306 g/mol. The first-order valence-electron chi connectivity index (χ1n) is 7.08. The lowest BCUT2D eigenvalue weighted by Gasteiger charge is -2.38. The molecule has 1 atom stereocenters. The quantitative estimate of drug-likeness (QED) is 0.788. The van der Waals surface area contributed by atoms with Crippen LogP contribution in [0.15, 0.2) is 0 Å².